The van der Waals surface area contributed by atoms with Crippen LogP contribution in [0.2, 0.25) is 5.02 Å². The van der Waals surface area contributed by atoms with Gasteiger partial charge in [0.1, 0.15) is 12.4 Å². The Bertz CT molecular complexity index is 1360. The van der Waals surface area contributed by atoms with E-state index in [2.05, 4.69) is 10.2 Å². The molecule has 0 radical (unpaired) electrons. The number of carbonyl (C=O) groups excluding carboxylic acids is 2. The molecule has 1 N–H and O–H groups in total. The van der Waals surface area contributed by atoms with Crippen LogP contribution in [0, 0.1) is 12.7 Å². The molecule has 0 atom stereocenters. The first-order chi connectivity index (χ1) is 20.3. The van der Waals surface area contributed by atoms with E-state index in [9.17, 15) is 14.0 Å². The largest absolute Gasteiger partial charge is 0.493 e. The summed E-state index contributed by atoms with van der Waals surface area (Å²) in [6.07, 6.45) is 2.86. The number of halogens is 2. The van der Waals surface area contributed by atoms with Crippen LogP contribution in [-0.2, 0) is 17.8 Å². The summed E-state index contributed by atoms with van der Waals surface area (Å²) in [6, 6.07) is 11.4. The zero-order valence-electron chi connectivity index (χ0n) is 24.3. The van der Waals surface area contributed by atoms with Gasteiger partial charge >= 0.3 is 6.03 Å². The van der Waals surface area contributed by atoms with Crippen LogP contribution in [0.25, 0.3) is 0 Å². The van der Waals surface area contributed by atoms with E-state index in [1.165, 1.54) is 23.1 Å². The van der Waals surface area contributed by atoms with Crippen molar-refractivity contribution in [2.45, 2.75) is 32.7 Å². The minimum Gasteiger partial charge on any atom is -0.493 e. The molecule has 1 aromatic heterocycles. The topological polar surface area (TPSA) is 74.4 Å². The van der Waals surface area contributed by atoms with Crippen molar-refractivity contribution in [2.75, 3.05) is 58.8 Å². The van der Waals surface area contributed by atoms with Crippen LogP contribution >= 0.6 is 22.9 Å². The van der Waals surface area contributed by atoms with Gasteiger partial charge in [0.2, 0.25) is 5.91 Å². The Kier molecular flexibility index (Phi) is 11.5. The van der Waals surface area contributed by atoms with E-state index in [0.29, 0.717) is 49.8 Å². The number of urea groups is 1. The molecule has 0 spiro atoms. The predicted octanol–water partition coefficient (Wildman–Crippen LogP) is 6.07. The van der Waals surface area contributed by atoms with Gasteiger partial charge in [0.25, 0.3) is 0 Å². The number of likely N-dealkylation sites (tertiary alicyclic amines) is 1. The Morgan fingerprint density at radius 3 is 2.45 bits per heavy atom. The molecule has 3 amide bonds. The molecule has 0 saturated carbocycles. The van der Waals surface area contributed by atoms with Crippen LogP contribution in [0.4, 0.5) is 14.9 Å². The second-order valence-electron chi connectivity index (χ2n) is 10.3. The molecule has 226 valence electrons. The molecule has 1 aliphatic rings. The Labute approximate surface area is 256 Å². The molecular formula is C31H38ClFN4O4S. The molecular weight excluding hydrogens is 579 g/mol. The zero-order chi connectivity index (χ0) is 30.1. The number of ether oxygens (including phenoxy) is 2. The highest BCUT2D eigenvalue weighted by atomic mass is 35.5. The van der Waals surface area contributed by atoms with Crippen molar-refractivity contribution >= 4 is 40.6 Å². The van der Waals surface area contributed by atoms with Gasteiger partial charge in [-0.2, -0.15) is 0 Å². The van der Waals surface area contributed by atoms with E-state index in [1.807, 2.05) is 36.6 Å². The smallest absolute Gasteiger partial charge is 0.322 e. The lowest BCUT2D eigenvalue weighted by Crippen LogP contribution is -2.47. The Morgan fingerprint density at radius 2 is 1.79 bits per heavy atom. The maximum atomic E-state index is 13.9. The highest BCUT2D eigenvalue weighted by molar-refractivity contribution is 7.10. The van der Waals surface area contributed by atoms with Crippen LogP contribution in [-0.4, -0.2) is 80.1 Å². The Balaban J connectivity index is 1.51. The van der Waals surface area contributed by atoms with E-state index in [0.717, 1.165) is 41.9 Å². The van der Waals surface area contributed by atoms with Gasteiger partial charge in [-0.25, -0.2) is 9.18 Å². The van der Waals surface area contributed by atoms with Crippen LogP contribution in [0.15, 0.2) is 47.8 Å². The summed E-state index contributed by atoms with van der Waals surface area (Å²) in [5, 5.41) is 4.72. The van der Waals surface area contributed by atoms with Gasteiger partial charge in [-0.15, -0.1) is 11.3 Å². The predicted molar refractivity (Wildman–Crippen MR) is 165 cm³/mol. The minimum absolute atomic E-state index is 0.0832. The van der Waals surface area contributed by atoms with Crippen LogP contribution in [0.1, 0.15) is 28.8 Å². The minimum atomic E-state index is -0.565. The molecule has 8 nitrogen and oxygen atoms in total. The molecule has 0 aliphatic carbocycles. The monoisotopic (exact) mass is 616 g/mol. The molecule has 3 aromatic rings. The maximum absolute atomic E-state index is 13.9. The van der Waals surface area contributed by atoms with Gasteiger partial charge in [0.15, 0.2) is 11.5 Å². The van der Waals surface area contributed by atoms with Gasteiger partial charge in [0, 0.05) is 30.2 Å². The van der Waals surface area contributed by atoms with Crippen molar-refractivity contribution in [1.29, 1.82) is 0 Å². The van der Waals surface area contributed by atoms with Crippen LogP contribution in [0.5, 0.6) is 11.5 Å². The number of nitrogens with zero attached hydrogens (tertiary/aromatic N) is 3. The summed E-state index contributed by atoms with van der Waals surface area (Å²) in [7, 11) is 3.19. The maximum Gasteiger partial charge on any atom is 0.322 e. The first-order valence-electron chi connectivity index (χ1n) is 14.0. The quantitative estimate of drug-likeness (QED) is 0.252. The van der Waals surface area contributed by atoms with Crippen molar-refractivity contribution in [2.24, 2.45) is 0 Å². The number of thiophene rings is 1. The van der Waals surface area contributed by atoms with Gasteiger partial charge < -0.3 is 29.5 Å². The first-order valence-corrected chi connectivity index (χ1v) is 15.3. The lowest BCUT2D eigenvalue weighted by molar-refractivity contribution is -0.132. The molecule has 1 saturated heterocycles. The molecule has 0 unspecified atom stereocenters. The normalized spacial score (nSPS) is 13.2. The van der Waals surface area contributed by atoms with Crippen molar-refractivity contribution in [3.63, 3.8) is 0 Å². The molecule has 42 heavy (non-hydrogen) atoms. The highest BCUT2D eigenvalue weighted by Gasteiger charge is 2.24. The van der Waals surface area contributed by atoms with E-state index in [4.69, 9.17) is 21.1 Å². The number of anilines is 1. The van der Waals surface area contributed by atoms with Crippen molar-refractivity contribution in [1.82, 2.24) is 14.7 Å². The van der Waals surface area contributed by atoms with Crippen LogP contribution < -0.4 is 14.8 Å². The SMILES string of the molecule is COc1ccc(CCN(Cc2sccc2C)C(=O)CN(CCN2CCCC2)C(=O)Nc2ccc(F)c(Cl)c2)cc1OC. The summed E-state index contributed by atoms with van der Waals surface area (Å²) in [4.78, 5) is 34.0. The average Bonchev–Trinajstić information content (AvgIpc) is 3.66. The van der Waals surface area contributed by atoms with Crippen molar-refractivity contribution in [3.8, 4) is 11.5 Å². The number of nitrogens with one attached hydrogen (secondary N) is 1. The Morgan fingerprint density at radius 1 is 1.02 bits per heavy atom. The zero-order valence-corrected chi connectivity index (χ0v) is 25.9. The molecule has 4 rings (SSSR count). The number of benzene rings is 2. The molecule has 2 aromatic carbocycles. The number of hydrogen-bond donors (Lipinski definition) is 1. The number of methoxy groups -OCH3 is 2. The molecule has 1 fully saturated rings. The number of carbonyl (C=O) groups is 2. The first kappa shape index (κ1) is 31.6. The molecule has 1 aliphatic heterocycles. The second-order valence-corrected chi connectivity index (χ2v) is 11.7. The van der Waals surface area contributed by atoms with Gasteiger partial charge in [-0.3, -0.25) is 4.79 Å². The molecule has 0 bridgehead atoms. The summed E-state index contributed by atoms with van der Waals surface area (Å²) in [5.74, 6) is 0.555. The molecule has 11 heteroatoms. The van der Waals surface area contributed by atoms with Crippen molar-refractivity contribution in [3.05, 3.63) is 74.7 Å². The van der Waals surface area contributed by atoms with Gasteiger partial charge in [0.05, 0.1) is 25.8 Å². The summed E-state index contributed by atoms with van der Waals surface area (Å²) < 4.78 is 24.5. The van der Waals surface area contributed by atoms with E-state index < -0.39 is 11.8 Å². The fourth-order valence-corrected chi connectivity index (χ4v) is 5.99. The van der Waals surface area contributed by atoms with Gasteiger partial charge in [-0.05, 0) is 92.2 Å². The van der Waals surface area contributed by atoms with E-state index >= 15 is 0 Å². The number of hydrogen-bond acceptors (Lipinski definition) is 6. The fourth-order valence-electron chi connectivity index (χ4n) is 4.89. The third-order valence-corrected chi connectivity index (χ3v) is 8.74. The number of aryl methyl sites for hydroxylation is 1. The standard InChI is InChI=1S/C31H38ClFN4O4S/c1-22-11-17-42-29(22)20-36(14-10-23-6-9-27(40-2)28(18-23)41-3)30(38)21-37(16-15-35-12-4-5-13-35)31(39)34-24-7-8-26(33)25(32)19-24/h6-9,11,17-19H,4-5,10,12-16,20-21H2,1-3H3,(H,34,39). The summed E-state index contributed by atoms with van der Waals surface area (Å²) >= 11 is 7.54. The van der Waals surface area contributed by atoms with E-state index in [1.54, 1.807) is 30.5 Å². The van der Waals surface area contributed by atoms with Crippen molar-refractivity contribution < 1.29 is 23.5 Å². The lowest BCUT2D eigenvalue weighted by Gasteiger charge is -2.29. The number of amides is 3. The van der Waals surface area contributed by atoms with Gasteiger partial charge in [-0.1, -0.05) is 17.7 Å². The highest BCUT2D eigenvalue weighted by Crippen LogP contribution is 2.28. The Hall–Kier alpha value is -3.34. The molecule has 2 heterocycles. The fraction of sp³-hybridized carbons (Fsp3) is 0.419. The summed E-state index contributed by atoms with van der Waals surface area (Å²) in [5.41, 5.74) is 2.50. The number of rotatable bonds is 13. The lowest BCUT2D eigenvalue weighted by atomic mass is 10.1. The van der Waals surface area contributed by atoms with E-state index in [-0.39, 0.29) is 17.5 Å². The average molecular weight is 617 g/mol. The third-order valence-electron chi connectivity index (χ3n) is 7.44. The third kappa shape index (κ3) is 8.59. The van der Waals surface area contributed by atoms with Crippen LogP contribution in [0.3, 0.4) is 0 Å². The second kappa shape index (κ2) is 15.2. The summed E-state index contributed by atoms with van der Waals surface area (Å²) in [6.45, 7) is 5.86.